The SMILES string of the molecule is CC1(NC(=O)COc2ccc(Cl)c(F)c2)CC(C)(c2nnc(COc3ccc(C4CC4)nc3)o2)C1. The first-order valence-electron chi connectivity index (χ1n) is 11.5. The van der Waals surface area contributed by atoms with Crippen LogP contribution in [0.15, 0.2) is 40.9 Å². The van der Waals surface area contributed by atoms with Crippen LogP contribution < -0.4 is 14.8 Å². The Morgan fingerprint density at radius 2 is 1.94 bits per heavy atom. The fourth-order valence-electron chi connectivity index (χ4n) is 4.80. The Morgan fingerprint density at radius 1 is 1.17 bits per heavy atom. The molecule has 0 radical (unpaired) electrons. The van der Waals surface area contributed by atoms with E-state index in [1.54, 1.807) is 6.20 Å². The Kier molecular flexibility index (Phi) is 6.13. The van der Waals surface area contributed by atoms with Gasteiger partial charge in [0.25, 0.3) is 11.8 Å². The Balaban J connectivity index is 1.10. The number of ether oxygens (including phenoxy) is 2. The van der Waals surface area contributed by atoms with Gasteiger partial charge < -0.3 is 19.2 Å². The van der Waals surface area contributed by atoms with Gasteiger partial charge in [-0.1, -0.05) is 18.5 Å². The van der Waals surface area contributed by atoms with Crippen molar-refractivity contribution in [2.45, 2.75) is 63.0 Å². The number of rotatable bonds is 9. The lowest BCUT2D eigenvalue weighted by Gasteiger charge is -2.51. The second kappa shape index (κ2) is 9.11. The van der Waals surface area contributed by atoms with Crippen molar-refractivity contribution in [3.05, 3.63) is 64.8 Å². The highest BCUT2D eigenvalue weighted by atomic mass is 35.5. The summed E-state index contributed by atoms with van der Waals surface area (Å²) in [7, 11) is 0. The summed E-state index contributed by atoms with van der Waals surface area (Å²) in [6.45, 7) is 3.90. The monoisotopic (exact) mass is 500 g/mol. The van der Waals surface area contributed by atoms with E-state index < -0.39 is 11.4 Å². The third kappa shape index (κ3) is 5.40. The van der Waals surface area contributed by atoms with E-state index in [0.717, 1.165) is 11.8 Å². The summed E-state index contributed by atoms with van der Waals surface area (Å²) in [5.41, 5.74) is 0.303. The normalized spacial score (nSPS) is 23.4. The average Bonchev–Trinajstić information content (AvgIpc) is 3.54. The number of carbonyl (C=O) groups is 1. The maximum atomic E-state index is 13.5. The number of benzene rings is 1. The van der Waals surface area contributed by atoms with E-state index >= 15 is 0 Å². The van der Waals surface area contributed by atoms with Crippen LogP contribution in [0.5, 0.6) is 11.5 Å². The van der Waals surface area contributed by atoms with E-state index in [0.29, 0.717) is 36.3 Å². The maximum Gasteiger partial charge on any atom is 0.258 e. The van der Waals surface area contributed by atoms with Gasteiger partial charge in [0.2, 0.25) is 5.89 Å². The predicted octanol–water partition coefficient (Wildman–Crippen LogP) is 4.72. The summed E-state index contributed by atoms with van der Waals surface area (Å²) < 4.78 is 30.5. The van der Waals surface area contributed by atoms with Gasteiger partial charge in [-0.15, -0.1) is 10.2 Å². The molecule has 0 unspecified atom stereocenters. The minimum absolute atomic E-state index is 0.00153. The Morgan fingerprint density at radius 3 is 2.63 bits per heavy atom. The van der Waals surface area contributed by atoms with E-state index in [2.05, 4.69) is 20.5 Å². The molecule has 0 aliphatic heterocycles. The van der Waals surface area contributed by atoms with Crippen LogP contribution in [0, 0.1) is 5.82 Å². The summed E-state index contributed by atoms with van der Waals surface area (Å²) in [5.74, 6) is 1.49. The van der Waals surface area contributed by atoms with Gasteiger partial charge in [-0.25, -0.2) is 4.39 Å². The standard InChI is InChI=1S/C25H26ClFN4O4/c1-24(13-25(2,14-24)29-21(32)11-33-16-5-7-18(26)19(27)9-16)23-31-30-22(35-23)12-34-17-6-8-20(28-10-17)15-3-4-15/h5-10,15H,3-4,11-14H2,1-2H3,(H,29,32). The van der Waals surface area contributed by atoms with Crippen molar-refractivity contribution in [2.75, 3.05) is 6.61 Å². The van der Waals surface area contributed by atoms with Gasteiger partial charge in [0.05, 0.1) is 16.6 Å². The average molecular weight is 501 g/mol. The van der Waals surface area contributed by atoms with Crippen LogP contribution in [0.4, 0.5) is 4.39 Å². The molecule has 2 heterocycles. The van der Waals surface area contributed by atoms with Crippen LogP contribution in [0.25, 0.3) is 0 Å². The van der Waals surface area contributed by atoms with Crippen LogP contribution in [-0.4, -0.2) is 33.2 Å². The topological polar surface area (TPSA) is 99.4 Å². The van der Waals surface area contributed by atoms with Crippen molar-refractivity contribution in [3.63, 3.8) is 0 Å². The molecule has 8 nitrogen and oxygen atoms in total. The highest BCUT2D eigenvalue weighted by molar-refractivity contribution is 6.30. The van der Waals surface area contributed by atoms with E-state index in [-0.39, 0.29) is 35.3 Å². The Labute approximate surface area is 207 Å². The van der Waals surface area contributed by atoms with Gasteiger partial charge in [-0.05, 0) is 56.9 Å². The van der Waals surface area contributed by atoms with Crippen molar-refractivity contribution in [3.8, 4) is 11.5 Å². The first-order chi connectivity index (χ1) is 16.7. The zero-order valence-electron chi connectivity index (χ0n) is 19.5. The number of nitrogens with one attached hydrogen (secondary N) is 1. The van der Waals surface area contributed by atoms with Crippen LogP contribution in [0.1, 0.15) is 62.9 Å². The molecule has 1 aromatic carbocycles. The number of pyridine rings is 1. The van der Waals surface area contributed by atoms with Gasteiger partial charge in [-0.3, -0.25) is 9.78 Å². The van der Waals surface area contributed by atoms with E-state index in [1.807, 2.05) is 26.0 Å². The highest BCUT2D eigenvalue weighted by Gasteiger charge is 2.53. The molecule has 10 heteroatoms. The minimum atomic E-state index is -0.598. The molecule has 1 amide bonds. The molecule has 184 valence electrons. The summed E-state index contributed by atoms with van der Waals surface area (Å²) >= 11 is 5.66. The predicted molar refractivity (Wildman–Crippen MR) is 125 cm³/mol. The number of amides is 1. The Bertz CT molecular complexity index is 1220. The third-order valence-electron chi connectivity index (χ3n) is 6.36. The molecule has 0 saturated heterocycles. The number of hydrogen-bond acceptors (Lipinski definition) is 7. The van der Waals surface area contributed by atoms with Gasteiger partial charge in [0.15, 0.2) is 13.2 Å². The van der Waals surface area contributed by atoms with Crippen LogP contribution >= 0.6 is 11.6 Å². The molecule has 2 fully saturated rings. The van der Waals surface area contributed by atoms with E-state index in [9.17, 15) is 9.18 Å². The highest BCUT2D eigenvalue weighted by Crippen LogP contribution is 2.49. The number of hydrogen-bond donors (Lipinski definition) is 1. The molecule has 35 heavy (non-hydrogen) atoms. The summed E-state index contributed by atoms with van der Waals surface area (Å²) in [6, 6.07) is 7.95. The molecular weight excluding hydrogens is 475 g/mol. The lowest BCUT2D eigenvalue weighted by Crippen LogP contribution is -2.61. The number of halogens is 2. The Hall–Kier alpha value is -3.20. The maximum absolute atomic E-state index is 13.5. The smallest absolute Gasteiger partial charge is 0.258 e. The minimum Gasteiger partial charge on any atom is -0.484 e. The van der Waals surface area contributed by atoms with Gasteiger partial charge in [0.1, 0.15) is 17.3 Å². The second-order valence-corrected chi connectivity index (χ2v) is 10.3. The van der Waals surface area contributed by atoms with Crippen molar-refractivity contribution >= 4 is 17.5 Å². The molecule has 0 atom stereocenters. The zero-order valence-corrected chi connectivity index (χ0v) is 20.3. The molecule has 0 spiro atoms. The number of nitrogens with zero attached hydrogens (tertiary/aromatic N) is 3. The van der Waals surface area contributed by atoms with E-state index in [4.69, 9.17) is 25.5 Å². The molecule has 2 saturated carbocycles. The van der Waals surface area contributed by atoms with Crippen molar-refractivity contribution in [1.82, 2.24) is 20.5 Å². The second-order valence-electron chi connectivity index (χ2n) is 9.87. The first kappa shape index (κ1) is 23.5. The third-order valence-corrected chi connectivity index (χ3v) is 6.67. The molecule has 2 aliphatic carbocycles. The molecule has 3 aromatic rings. The van der Waals surface area contributed by atoms with Crippen LogP contribution in [0.2, 0.25) is 5.02 Å². The van der Waals surface area contributed by atoms with Crippen molar-refractivity contribution in [2.24, 2.45) is 0 Å². The van der Waals surface area contributed by atoms with Gasteiger partial charge >= 0.3 is 0 Å². The summed E-state index contributed by atoms with van der Waals surface area (Å²) in [4.78, 5) is 16.8. The molecule has 2 aliphatic rings. The summed E-state index contributed by atoms with van der Waals surface area (Å²) in [5, 5.41) is 11.3. The molecular formula is C25H26ClFN4O4. The lowest BCUT2D eigenvalue weighted by atomic mass is 9.59. The van der Waals surface area contributed by atoms with Gasteiger partial charge in [-0.2, -0.15) is 0 Å². The number of aromatic nitrogens is 3. The largest absolute Gasteiger partial charge is 0.484 e. The molecule has 5 rings (SSSR count). The van der Waals surface area contributed by atoms with Gasteiger partial charge in [0, 0.05) is 23.2 Å². The van der Waals surface area contributed by atoms with E-state index in [1.165, 1.54) is 25.0 Å². The van der Waals surface area contributed by atoms with Crippen LogP contribution in [-0.2, 0) is 16.8 Å². The molecule has 2 aromatic heterocycles. The van der Waals surface area contributed by atoms with Crippen molar-refractivity contribution in [1.29, 1.82) is 0 Å². The zero-order chi connectivity index (χ0) is 24.6. The fraction of sp³-hybridized carbons (Fsp3) is 0.440. The summed E-state index contributed by atoms with van der Waals surface area (Å²) in [6.07, 6.45) is 5.38. The lowest BCUT2D eigenvalue weighted by molar-refractivity contribution is -0.127. The number of carbonyl (C=O) groups excluding carboxylic acids is 1. The molecule has 0 bridgehead atoms. The fourth-order valence-corrected chi connectivity index (χ4v) is 4.91. The van der Waals surface area contributed by atoms with Crippen molar-refractivity contribution < 1.29 is 23.1 Å². The van der Waals surface area contributed by atoms with Crippen LogP contribution in [0.3, 0.4) is 0 Å². The molecule has 1 N–H and O–H groups in total. The quantitative estimate of drug-likeness (QED) is 0.454. The first-order valence-corrected chi connectivity index (χ1v) is 11.9.